The smallest absolute Gasteiger partial charge is 0.253 e. The highest BCUT2D eigenvalue weighted by atomic mass is 35.5. The van der Waals surface area contributed by atoms with Crippen molar-refractivity contribution in [2.75, 3.05) is 6.54 Å². The molecule has 1 N–H and O–H groups in total. The van der Waals surface area contributed by atoms with Crippen LogP contribution in [0.1, 0.15) is 27.3 Å². The molecule has 1 amide bonds. The van der Waals surface area contributed by atoms with Crippen LogP contribution in [0.15, 0.2) is 18.2 Å². The molecule has 0 unspecified atom stereocenters. The lowest BCUT2D eigenvalue weighted by atomic mass is 9.90. The zero-order chi connectivity index (χ0) is 15.9. The fraction of sp³-hybridized carbons (Fsp3) is 0.188. The summed E-state index contributed by atoms with van der Waals surface area (Å²) < 4.78 is 0. The lowest BCUT2D eigenvalue weighted by molar-refractivity contribution is 0.0945. The zero-order valence-electron chi connectivity index (χ0n) is 11.7. The molecule has 0 spiro atoms. The Bertz CT molecular complexity index is 840. The van der Waals surface area contributed by atoms with Gasteiger partial charge >= 0.3 is 0 Å². The second-order valence-corrected chi connectivity index (χ2v) is 5.85. The van der Waals surface area contributed by atoms with E-state index in [0.717, 1.165) is 0 Å². The molecular formula is C16H11Cl2N3O. The predicted octanol–water partition coefficient (Wildman–Crippen LogP) is 3.52. The Labute approximate surface area is 137 Å². The Morgan fingerprint density at radius 2 is 2.09 bits per heavy atom. The van der Waals surface area contributed by atoms with Crippen molar-refractivity contribution < 1.29 is 4.79 Å². The molecule has 22 heavy (non-hydrogen) atoms. The third-order valence-electron chi connectivity index (χ3n) is 3.64. The largest absolute Gasteiger partial charge is 0.352 e. The number of pyridine rings is 1. The van der Waals surface area contributed by atoms with Crippen LogP contribution < -0.4 is 5.32 Å². The van der Waals surface area contributed by atoms with E-state index in [-0.39, 0.29) is 5.91 Å². The molecule has 0 atom stereocenters. The van der Waals surface area contributed by atoms with Gasteiger partial charge in [-0.25, -0.2) is 0 Å². The van der Waals surface area contributed by atoms with Crippen LogP contribution in [0.3, 0.4) is 0 Å². The number of aromatic nitrogens is 1. The van der Waals surface area contributed by atoms with Crippen molar-refractivity contribution in [2.24, 2.45) is 0 Å². The molecule has 0 radical (unpaired) electrons. The number of fused-ring (bicyclic) bond motifs is 1. The van der Waals surface area contributed by atoms with E-state index in [2.05, 4.69) is 16.4 Å². The summed E-state index contributed by atoms with van der Waals surface area (Å²) in [5.74, 6) is -0.230. The molecule has 0 saturated heterocycles. The van der Waals surface area contributed by atoms with Gasteiger partial charge in [0, 0.05) is 34.1 Å². The number of nitriles is 1. The van der Waals surface area contributed by atoms with E-state index >= 15 is 0 Å². The normalized spacial score (nSPS) is 13.3. The molecule has 6 heteroatoms. The SMILES string of the molecule is Cc1nc2c(c(-c3ccc(Cl)cc3Cl)c1C#N)C(=O)NCC2. The van der Waals surface area contributed by atoms with E-state index in [1.54, 1.807) is 25.1 Å². The van der Waals surface area contributed by atoms with Crippen molar-refractivity contribution >= 4 is 29.1 Å². The molecule has 0 aliphatic carbocycles. The van der Waals surface area contributed by atoms with E-state index in [0.29, 0.717) is 56.7 Å². The fourth-order valence-corrected chi connectivity index (χ4v) is 3.17. The lowest BCUT2D eigenvalue weighted by Crippen LogP contribution is -2.33. The van der Waals surface area contributed by atoms with Gasteiger partial charge in [-0.2, -0.15) is 5.26 Å². The first-order valence-corrected chi connectivity index (χ1v) is 7.45. The summed E-state index contributed by atoms with van der Waals surface area (Å²) in [5.41, 5.74) is 3.22. The molecule has 4 nitrogen and oxygen atoms in total. The molecule has 1 aliphatic rings. The van der Waals surface area contributed by atoms with Gasteiger partial charge in [-0.3, -0.25) is 9.78 Å². The number of halogens is 2. The monoisotopic (exact) mass is 331 g/mol. The van der Waals surface area contributed by atoms with Gasteiger partial charge in [0.2, 0.25) is 0 Å². The van der Waals surface area contributed by atoms with Gasteiger partial charge in [0.05, 0.1) is 22.5 Å². The number of carbonyl (C=O) groups excluding carboxylic acids is 1. The number of aryl methyl sites for hydroxylation is 1. The van der Waals surface area contributed by atoms with Gasteiger partial charge in [-0.15, -0.1) is 0 Å². The highest BCUT2D eigenvalue weighted by Gasteiger charge is 2.27. The molecule has 3 rings (SSSR count). The number of hydrogen-bond acceptors (Lipinski definition) is 3. The minimum absolute atomic E-state index is 0.230. The van der Waals surface area contributed by atoms with Crippen molar-refractivity contribution in [3.8, 4) is 17.2 Å². The summed E-state index contributed by atoms with van der Waals surface area (Å²) in [4.78, 5) is 16.7. The Morgan fingerprint density at radius 1 is 1.32 bits per heavy atom. The molecular weight excluding hydrogens is 321 g/mol. The van der Waals surface area contributed by atoms with Crippen LogP contribution in [0.2, 0.25) is 10.0 Å². The van der Waals surface area contributed by atoms with Crippen LogP contribution >= 0.6 is 23.2 Å². The third-order valence-corrected chi connectivity index (χ3v) is 4.19. The second kappa shape index (κ2) is 5.60. The van der Waals surface area contributed by atoms with Crippen LogP contribution in [-0.4, -0.2) is 17.4 Å². The van der Waals surface area contributed by atoms with Gasteiger partial charge in [-0.1, -0.05) is 29.3 Å². The van der Waals surface area contributed by atoms with Crippen LogP contribution in [0.25, 0.3) is 11.1 Å². The molecule has 0 bridgehead atoms. The highest BCUT2D eigenvalue weighted by molar-refractivity contribution is 6.36. The summed E-state index contributed by atoms with van der Waals surface area (Å²) in [6.45, 7) is 2.30. The number of carbonyl (C=O) groups is 1. The third kappa shape index (κ3) is 2.33. The van der Waals surface area contributed by atoms with E-state index in [9.17, 15) is 10.1 Å². The molecule has 2 aromatic rings. The summed E-state index contributed by atoms with van der Waals surface area (Å²) in [6, 6.07) is 7.15. The first-order valence-electron chi connectivity index (χ1n) is 6.70. The number of rotatable bonds is 1. The second-order valence-electron chi connectivity index (χ2n) is 5.01. The van der Waals surface area contributed by atoms with Crippen LogP contribution in [0, 0.1) is 18.3 Å². The number of benzene rings is 1. The maximum Gasteiger partial charge on any atom is 0.253 e. The topological polar surface area (TPSA) is 65.8 Å². The average molecular weight is 332 g/mol. The maximum absolute atomic E-state index is 12.3. The standard InChI is InChI=1S/C16H11Cl2N3O/c1-8-11(7-19)14(10-3-2-9(17)6-12(10)18)15-13(21-8)4-5-20-16(15)22/h2-3,6H,4-5H2,1H3,(H,20,22). The van der Waals surface area contributed by atoms with Gasteiger partial charge in [0.1, 0.15) is 6.07 Å². The van der Waals surface area contributed by atoms with Crippen LogP contribution in [-0.2, 0) is 6.42 Å². The fourth-order valence-electron chi connectivity index (χ4n) is 2.67. The lowest BCUT2D eigenvalue weighted by Gasteiger charge is -2.21. The predicted molar refractivity (Wildman–Crippen MR) is 85.2 cm³/mol. The van der Waals surface area contributed by atoms with Gasteiger partial charge in [0.25, 0.3) is 5.91 Å². The minimum Gasteiger partial charge on any atom is -0.352 e. The molecule has 1 aromatic heterocycles. The van der Waals surface area contributed by atoms with Gasteiger partial charge in [0.15, 0.2) is 0 Å². The Hall–Kier alpha value is -2.09. The maximum atomic E-state index is 12.3. The Morgan fingerprint density at radius 3 is 2.77 bits per heavy atom. The van der Waals surface area contributed by atoms with Crippen LogP contribution in [0.4, 0.5) is 0 Å². The molecule has 1 aliphatic heterocycles. The average Bonchev–Trinajstić information content (AvgIpc) is 2.46. The summed E-state index contributed by atoms with van der Waals surface area (Å²) in [7, 11) is 0. The van der Waals surface area contributed by atoms with Crippen molar-refractivity contribution in [1.82, 2.24) is 10.3 Å². The molecule has 1 aromatic carbocycles. The minimum atomic E-state index is -0.230. The number of amides is 1. The first-order chi connectivity index (χ1) is 10.5. The number of nitrogens with zero attached hydrogens (tertiary/aromatic N) is 2. The zero-order valence-corrected chi connectivity index (χ0v) is 13.2. The molecule has 2 heterocycles. The van der Waals surface area contributed by atoms with Gasteiger partial charge < -0.3 is 5.32 Å². The summed E-state index contributed by atoms with van der Waals surface area (Å²) >= 11 is 12.2. The van der Waals surface area contributed by atoms with E-state index in [1.807, 2.05) is 0 Å². The van der Waals surface area contributed by atoms with Crippen molar-refractivity contribution in [2.45, 2.75) is 13.3 Å². The summed E-state index contributed by atoms with van der Waals surface area (Å²) in [6.07, 6.45) is 0.631. The molecule has 0 saturated carbocycles. The first kappa shape index (κ1) is 14.8. The number of hydrogen-bond donors (Lipinski definition) is 1. The summed E-state index contributed by atoms with van der Waals surface area (Å²) in [5, 5.41) is 13.2. The van der Waals surface area contributed by atoms with E-state index in [4.69, 9.17) is 23.2 Å². The van der Waals surface area contributed by atoms with Crippen molar-refractivity contribution in [1.29, 1.82) is 5.26 Å². The van der Waals surface area contributed by atoms with Gasteiger partial charge in [-0.05, 0) is 19.1 Å². The van der Waals surface area contributed by atoms with Crippen molar-refractivity contribution in [3.63, 3.8) is 0 Å². The van der Waals surface area contributed by atoms with Crippen molar-refractivity contribution in [3.05, 3.63) is 50.8 Å². The van der Waals surface area contributed by atoms with E-state index < -0.39 is 0 Å². The highest BCUT2D eigenvalue weighted by Crippen LogP contribution is 2.37. The number of nitrogens with one attached hydrogen (secondary N) is 1. The molecule has 0 fully saturated rings. The molecule has 110 valence electrons. The Kier molecular flexibility index (Phi) is 3.78. The Balaban J connectivity index is 2.41. The van der Waals surface area contributed by atoms with Crippen LogP contribution in [0.5, 0.6) is 0 Å². The quantitative estimate of drug-likeness (QED) is 0.869. The van der Waals surface area contributed by atoms with E-state index in [1.165, 1.54) is 0 Å².